The van der Waals surface area contributed by atoms with Crippen LogP contribution in [0.15, 0.2) is 18.3 Å². The molecule has 1 amide bonds. The number of anilines is 2. The summed E-state index contributed by atoms with van der Waals surface area (Å²) in [5.41, 5.74) is 1.60. The van der Waals surface area contributed by atoms with Crippen LogP contribution in [0.2, 0.25) is 0 Å². The summed E-state index contributed by atoms with van der Waals surface area (Å²) in [6.07, 6.45) is 1.30. The number of carbonyl (C=O) groups excluding carboxylic acids is 1. The summed E-state index contributed by atoms with van der Waals surface area (Å²) in [7, 11) is 1.65. The zero-order valence-corrected chi connectivity index (χ0v) is 17.8. The van der Waals surface area contributed by atoms with Crippen LogP contribution in [-0.4, -0.2) is 52.1 Å². The number of H-pyrrole nitrogens is 1. The summed E-state index contributed by atoms with van der Waals surface area (Å²) in [4.78, 5) is 20.7. The second-order valence-electron chi connectivity index (χ2n) is 7.26. The number of amides is 1. The molecule has 3 aromatic heterocycles. The number of fused-ring (bicyclic) bond motifs is 1. The van der Waals surface area contributed by atoms with Gasteiger partial charge in [-0.3, -0.25) is 5.10 Å². The Labute approximate surface area is 177 Å². The number of nitrogens with zero attached hydrogens (tertiary/aromatic N) is 3. The fourth-order valence-corrected chi connectivity index (χ4v) is 4.15. The van der Waals surface area contributed by atoms with Gasteiger partial charge in [-0.05, 0) is 19.9 Å². The van der Waals surface area contributed by atoms with Crippen LogP contribution in [0.25, 0.3) is 10.2 Å². The molecule has 10 nitrogen and oxygen atoms in total. The van der Waals surface area contributed by atoms with Gasteiger partial charge < -0.3 is 24.8 Å². The monoisotopic (exact) mass is 432 g/mol. The van der Waals surface area contributed by atoms with E-state index in [2.05, 4.69) is 30.8 Å². The van der Waals surface area contributed by atoms with Crippen LogP contribution in [0, 0.1) is 0 Å². The fraction of sp³-hybridized carbons (Fsp3) is 0.474. The molecule has 1 fully saturated rings. The first-order valence-corrected chi connectivity index (χ1v) is 10.5. The highest BCUT2D eigenvalue weighted by Gasteiger charge is 2.31. The van der Waals surface area contributed by atoms with E-state index in [-0.39, 0.29) is 18.2 Å². The van der Waals surface area contributed by atoms with Crippen LogP contribution in [0.5, 0.6) is 0 Å². The molecule has 3 aromatic rings. The zero-order valence-electron chi connectivity index (χ0n) is 17.0. The number of rotatable bonds is 7. The minimum Gasteiger partial charge on any atom is -0.444 e. The van der Waals surface area contributed by atoms with Crippen molar-refractivity contribution in [2.24, 2.45) is 0 Å². The Bertz CT molecular complexity index is 1020. The van der Waals surface area contributed by atoms with Gasteiger partial charge in [0.25, 0.3) is 0 Å². The Hall–Kier alpha value is -2.76. The normalized spacial score (nSPS) is 18.8. The van der Waals surface area contributed by atoms with Gasteiger partial charge in [0.05, 0.1) is 29.1 Å². The van der Waals surface area contributed by atoms with E-state index in [1.165, 1.54) is 11.3 Å². The van der Waals surface area contributed by atoms with Crippen molar-refractivity contribution in [3.05, 3.63) is 29.0 Å². The molecule has 4 heterocycles. The molecule has 30 heavy (non-hydrogen) atoms. The van der Waals surface area contributed by atoms with Gasteiger partial charge in [0.1, 0.15) is 23.0 Å². The predicted molar refractivity (Wildman–Crippen MR) is 112 cm³/mol. The number of methoxy groups -OCH3 is 1. The number of hydrogen-bond acceptors (Lipinski definition) is 9. The van der Waals surface area contributed by atoms with Crippen molar-refractivity contribution >= 4 is 39.3 Å². The third kappa shape index (κ3) is 4.69. The van der Waals surface area contributed by atoms with E-state index >= 15 is 0 Å². The van der Waals surface area contributed by atoms with Crippen LogP contribution >= 0.6 is 11.3 Å². The summed E-state index contributed by atoms with van der Waals surface area (Å²) in [5.74, 6) is 1.39. The molecular weight excluding hydrogens is 408 g/mol. The highest BCUT2D eigenvalue weighted by molar-refractivity contribution is 7.19. The lowest BCUT2D eigenvalue weighted by molar-refractivity contribution is 0.0682. The molecular formula is C19H24N6O4S. The number of hydrogen-bond donors (Lipinski definition) is 3. The topological polar surface area (TPSA) is 123 Å². The molecule has 0 bridgehead atoms. The fourth-order valence-electron chi connectivity index (χ4n) is 3.18. The SMILES string of the molecule is COCc1nc2ccnc(Nc3cc(C4CC(OC(=O)NC(C)C)CO4)n[nH]3)c2s1. The molecule has 1 aliphatic rings. The van der Waals surface area contributed by atoms with Crippen LogP contribution in [0.3, 0.4) is 0 Å². The van der Waals surface area contributed by atoms with Gasteiger partial charge >= 0.3 is 6.09 Å². The Morgan fingerprint density at radius 2 is 2.33 bits per heavy atom. The quantitative estimate of drug-likeness (QED) is 0.520. The average molecular weight is 433 g/mol. The van der Waals surface area contributed by atoms with E-state index in [4.69, 9.17) is 14.2 Å². The maximum Gasteiger partial charge on any atom is 0.407 e. The van der Waals surface area contributed by atoms with E-state index < -0.39 is 6.09 Å². The Morgan fingerprint density at radius 3 is 3.13 bits per heavy atom. The molecule has 0 spiro atoms. The van der Waals surface area contributed by atoms with E-state index in [1.807, 2.05) is 26.0 Å². The second kappa shape index (κ2) is 8.94. The van der Waals surface area contributed by atoms with Gasteiger partial charge in [-0.15, -0.1) is 11.3 Å². The standard InChI is InChI=1S/C19H24N6O4S/c1-10(2)21-19(26)29-11-6-14(28-8-11)13-7-15(25-24-13)23-18-17-12(4-5-20-18)22-16(30-17)9-27-3/h4-5,7,10-11,14H,6,8-9H2,1-3H3,(H,21,26)(H2,20,23,24,25). The van der Waals surface area contributed by atoms with Crippen molar-refractivity contribution in [2.75, 3.05) is 19.0 Å². The number of ether oxygens (including phenoxy) is 3. The van der Waals surface area contributed by atoms with Crippen molar-refractivity contribution in [1.82, 2.24) is 25.5 Å². The molecule has 2 unspecified atom stereocenters. The number of thiazole rings is 1. The molecule has 4 rings (SSSR count). The zero-order chi connectivity index (χ0) is 21.1. The highest BCUT2D eigenvalue weighted by Crippen LogP contribution is 2.32. The van der Waals surface area contributed by atoms with Crippen LogP contribution in [0.4, 0.5) is 16.4 Å². The molecule has 0 aliphatic carbocycles. The van der Waals surface area contributed by atoms with Gasteiger partial charge in [-0.25, -0.2) is 14.8 Å². The van der Waals surface area contributed by atoms with Crippen LogP contribution < -0.4 is 10.6 Å². The number of alkyl carbamates (subject to hydrolysis) is 1. The van der Waals surface area contributed by atoms with Crippen molar-refractivity contribution in [3.8, 4) is 0 Å². The minimum atomic E-state index is -0.430. The Kier molecular flexibility index (Phi) is 6.11. The third-order valence-electron chi connectivity index (χ3n) is 4.44. The molecule has 1 aliphatic heterocycles. The molecule has 0 saturated carbocycles. The molecule has 0 aromatic carbocycles. The van der Waals surface area contributed by atoms with Crippen molar-refractivity contribution < 1.29 is 19.0 Å². The number of nitrogens with one attached hydrogen (secondary N) is 3. The van der Waals surface area contributed by atoms with Gasteiger partial charge in [0.15, 0.2) is 5.82 Å². The summed E-state index contributed by atoms with van der Waals surface area (Å²) in [6, 6.07) is 3.77. The largest absolute Gasteiger partial charge is 0.444 e. The number of aromatic nitrogens is 4. The summed E-state index contributed by atoms with van der Waals surface area (Å²) in [6.45, 7) is 4.57. The lowest BCUT2D eigenvalue weighted by Crippen LogP contribution is -2.33. The summed E-state index contributed by atoms with van der Waals surface area (Å²) in [5, 5.41) is 14.2. The number of aromatic amines is 1. The van der Waals surface area contributed by atoms with Crippen molar-refractivity contribution in [2.45, 2.75) is 45.1 Å². The van der Waals surface area contributed by atoms with Gasteiger partial charge in [0.2, 0.25) is 0 Å². The maximum atomic E-state index is 11.8. The minimum absolute atomic E-state index is 0.0257. The maximum absolute atomic E-state index is 11.8. The second-order valence-corrected chi connectivity index (χ2v) is 8.35. The smallest absolute Gasteiger partial charge is 0.407 e. The first-order chi connectivity index (χ1) is 14.5. The third-order valence-corrected chi connectivity index (χ3v) is 5.49. The van der Waals surface area contributed by atoms with Gasteiger partial charge in [-0.2, -0.15) is 5.10 Å². The molecule has 160 valence electrons. The van der Waals surface area contributed by atoms with Crippen LogP contribution in [-0.2, 0) is 20.8 Å². The molecule has 3 N–H and O–H groups in total. The molecule has 2 atom stereocenters. The molecule has 1 saturated heterocycles. The number of pyridine rings is 1. The van der Waals surface area contributed by atoms with Gasteiger partial charge in [-0.1, -0.05) is 0 Å². The number of carbonyl (C=O) groups is 1. The Morgan fingerprint density at radius 1 is 1.47 bits per heavy atom. The van der Waals surface area contributed by atoms with Crippen LogP contribution in [0.1, 0.15) is 37.1 Å². The lowest BCUT2D eigenvalue weighted by atomic mass is 10.1. The summed E-state index contributed by atoms with van der Waals surface area (Å²) >= 11 is 1.54. The van der Waals surface area contributed by atoms with E-state index in [9.17, 15) is 4.79 Å². The van der Waals surface area contributed by atoms with Gasteiger partial charge in [0, 0.05) is 31.8 Å². The Balaban J connectivity index is 1.40. The average Bonchev–Trinajstić information content (AvgIpc) is 3.41. The molecule has 11 heteroatoms. The first-order valence-electron chi connectivity index (χ1n) is 9.66. The van der Waals surface area contributed by atoms with Crippen molar-refractivity contribution in [1.29, 1.82) is 0 Å². The highest BCUT2D eigenvalue weighted by atomic mass is 32.1. The first kappa shape index (κ1) is 20.5. The van der Waals surface area contributed by atoms with E-state index in [1.54, 1.807) is 13.3 Å². The predicted octanol–water partition coefficient (Wildman–Crippen LogP) is 3.27. The molecule has 0 radical (unpaired) electrons. The summed E-state index contributed by atoms with van der Waals surface area (Å²) < 4.78 is 17.3. The van der Waals surface area contributed by atoms with E-state index in [0.29, 0.717) is 31.3 Å². The van der Waals surface area contributed by atoms with E-state index in [0.717, 1.165) is 20.9 Å². The lowest BCUT2D eigenvalue weighted by Gasteiger charge is -2.13. The van der Waals surface area contributed by atoms with Crippen molar-refractivity contribution in [3.63, 3.8) is 0 Å².